The van der Waals surface area contributed by atoms with Gasteiger partial charge in [-0.1, -0.05) is 12.1 Å². The number of halogens is 3. The molecule has 2 rings (SSSR count). The molecule has 1 aliphatic rings. The molecule has 1 aliphatic heterocycles. The number of carbonyl (C=O) groups excluding carboxylic acids is 1. The molecule has 0 spiro atoms. The van der Waals surface area contributed by atoms with Gasteiger partial charge in [0, 0.05) is 11.6 Å². The number of alkyl halides is 3. The van der Waals surface area contributed by atoms with Crippen LogP contribution in [-0.4, -0.2) is 23.8 Å². The van der Waals surface area contributed by atoms with Crippen LogP contribution in [0.15, 0.2) is 29.4 Å². The summed E-state index contributed by atoms with van der Waals surface area (Å²) in [5.41, 5.74) is 4.42. The van der Waals surface area contributed by atoms with Crippen molar-refractivity contribution in [3.63, 3.8) is 0 Å². The summed E-state index contributed by atoms with van der Waals surface area (Å²) in [5, 5.41) is 4.93. The third-order valence-electron chi connectivity index (χ3n) is 3.09. The predicted octanol–water partition coefficient (Wildman–Crippen LogP) is 2.34. The first-order valence-corrected chi connectivity index (χ1v) is 5.52. The fourth-order valence-corrected chi connectivity index (χ4v) is 1.93. The van der Waals surface area contributed by atoms with Crippen molar-refractivity contribution < 1.29 is 18.0 Å². The van der Waals surface area contributed by atoms with Gasteiger partial charge in [-0.05, 0) is 24.6 Å². The summed E-state index contributed by atoms with van der Waals surface area (Å²) in [6.45, 7) is 2.00. The number of primary amides is 1. The fraction of sp³-hybridized carbons (Fsp3) is 0.333. The maximum atomic E-state index is 12.5. The Hall–Kier alpha value is -2.05. The maximum Gasteiger partial charge on any atom is 0.416 e. The van der Waals surface area contributed by atoms with Gasteiger partial charge in [-0.15, -0.1) is 0 Å². The van der Waals surface area contributed by atoms with E-state index in [1.165, 1.54) is 18.3 Å². The van der Waals surface area contributed by atoms with Crippen molar-refractivity contribution >= 4 is 12.2 Å². The Balaban J connectivity index is 2.24. The topological polar surface area (TPSA) is 58.7 Å². The van der Waals surface area contributed by atoms with E-state index >= 15 is 0 Å². The first-order valence-electron chi connectivity index (χ1n) is 5.52. The lowest BCUT2D eigenvalue weighted by molar-refractivity contribution is -0.137. The van der Waals surface area contributed by atoms with Gasteiger partial charge in [0.2, 0.25) is 0 Å². The highest BCUT2D eigenvalue weighted by atomic mass is 19.4. The molecule has 0 saturated carbocycles. The van der Waals surface area contributed by atoms with Gasteiger partial charge in [0.15, 0.2) is 0 Å². The molecule has 0 aromatic heterocycles. The third-order valence-corrected chi connectivity index (χ3v) is 3.09. The second-order valence-electron chi connectivity index (χ2n) is 4.63. The minimum atomic E-state index is -4.36. The van der Waals surface area contributed by atoms with Crippen LogP contribution >= 0.6 is 0 Å². The number of nitrogens with two attached hydrogens (primary N) is 1. The van der Waals surface area contributed by atoms with Crippen molar-refractivity contribution in [2.45, 2.75) is 18.5 Å². The van der Waals surface area contributed by atoms with Gasteiger partial charge in [-0.2, -0.15) is 18.3 Å². The predicted molar refractivity (Wildman–Crippen MR) is 63.6 cm³/mol. The van der Waals surface area contributed by atoms with Crippen LogP contribution in [0.2, 0.25) is 0 Å². The van der Waals surface area contributed by atoms with E-state index in [0.717, 1.165) is 17.1 Å². The van der Waals surface area contributed by atoms with Gasteiger partial charge in [0.1, 0.15) is 0 Å². The summed E-state index contributed by atoms with van der Waals surface area (Å²) < 4.78 is 37.4. The lowest BCUT2D eigenvalue weighted by atomic mass is 9.84. The number of rotatable bonds is 1. The largest absolute Gasteiger partial charge is 0.416 e. The molecule has 1 aromatic rings. The first-order chi connectivity index (χ1) is 8.72. The van der Waals surface area contributed by atoms with E-state index in [9.17, 15) is 18.0 Å². The molecule has 0 aliphatic carbocycles. The number of hydrogen-bond acceptors (Lipinski definition) is 2. The van der Waals surface area contributed by atoms with E-state index in [4.69, 9.17) is 5.73 Å². The molecule has 0 saturated heterocycles. The molecule has 0 radical (unpaired) electrons. The van der Waals surface area contributed by atoms with Gasteiger partial charge in [0.05, 0.1) is 12.1 Å². The molecule has 0 fully saturated rings. The number of urea groups is 1. The molecule has 1 unspecified atom stereocenters. The third kappa shape index (κ3) is 2.54. The van der Waals surface area contributed by atoms with Crippen molar-refractivity contribution in [2.75, 3.05) is 6.54 Å². The van der Waals surface area contributed by atoms with Crippen LogP contribution < -0.4 is 5.73 Å². The number of hydrazone groups is 1. The number of benzene rings is 1. The SMILES string of the molecule is CC1(c2ccc(C(F)(F)F)cc2)C=NN(C(N)=O)C1. The maximum absolute atomic E-state index is 12.5. The summed E-state index contributed by atoms with van der Waals surface area (Å²) in [6.07, 6.45) is -2.84. The van der Waals surface area contributed by atoms with Crippen LogP contribution in [0.3, 0.4) is 0 Å². The molecule has 2 amide bonds. The fourth-order valence-electron chi connectivity index (χ4n) is 1.93. The van der Waals surface area contributed by atoms with Crippen LogP contribution in [0.25, 0.3) is 0 Å². The van der Waals surface area contributed by atoms with Gasteiger partial charge < -0.3 is 5.73 Å². The highest BCUT2D eigenvalue weighted by Gasteiger charge is 2.35. The molecule has 7 heteroatoms. The lowest BCUT2D eigenvalue weighted by Crippen LogP contribution is -2.36. The highest BCUT2D eigenvalue weighted by Crippen LogP contribution is 2.32. The van der Waals surface area contributed by atoms with Gasteiger partial charge in [-0.25, -0.2) is 9.80 Å². The second kappa shape index (κ2) is 4.25. The minimum absolute atomic E-state index is 0.216. The molecule has 1 atom stereocenters. The van der Waals surface area contributed by atoms with Crippen LogP contribution in [0.1, 0.15) is 18.1 Å². The zero-order chi connectivity index (χ0) is 14.3. The van der Waals surface area contributed by atoms with Crippen LogP contribution in [0.4, 0.5) is 18.0 Å². The average Bonchev–Trinajstić information content (AvgIpc) is 2.73. The normalized spacial score (nSPS) is 22.8. The lowest BCUT2D eigenvalue weighted by Gasteiger charge is -2.22. The summed E-state index contributed by atoms with van der Waals surface area (Å²) >= 11 is 0. The molecule has 2 N–H and O–H groups in total. The van der Waals surface area contributed by atoms with Crippen molar-refractivity contribution in [1.82, 2.24) is 5.01 Å². The van der Waals surface area contributed by atoms with Gasteiger partial charge in [0.25, 0.3) is 0 Å². The van der Waals surface area contributed by atoms with Crippen molar-refractivity contribution in [1.29, 1.82) is 0 Å². The first kappa shape index (κ1) is 13.4. The van der Waals surface area contributed by atoms with E-state index in [1.54, 1.807) is 6.92 Å². The van der Waals surface area contributed by atoms with Crippen molar-refractivity contribution in [3.05, 3.63) is 35.4 Å². The molecular weight excluding hydrogens is 259 g/mol. The molecular formula is C12H12F3N3O. The Morgan fingerprint density at radius 2 is 1.95 bits per heavy atom. The number of nitrogens with zero attached hydrogens (tertiary/aromatic N) is 2. The van der Waals surface area contributed by atoms with Crippen molar-refractivity contribution in [2.24, 2.45) is 10.8 Å². The number of amides is 2. The zero-order valence-corrected chi connectivity index (χ0v) is 10.1. The van der Waals surface area contributed by atoms with Crippen LogP contribution in [0, 0.1) is 0 Å². The van der Waals surface area contributed by atoms with E-state index in [-0.39, 0.29) is 6.54 Å². The quantitative estimate of drug-likeness (QED) is 0.837. The molecule has 4 nitrogen and oxygen atoms in total. The molecule has 1 aromatic carbocycles. The summed E-state index contributed by atoms with van der Waals surface area (Å²) in [7, 11) is 0. The zero-order valence-electron chi connectivity index (χ0n) is 10.1. The van der Waals surface area contributed by atoms with E-state index < -0.39 is 23.2 Å². The molecule has 19 heavy (non-hydrogen) atoms. The second-order valence-corrected chi connectivity index (χ2v) is 4.63. The smallest absolute Gasteiger partial charge is 0.350 e. The van der Waals surface area contributed by atoms with E-state index in [2.05, 4.69) is 5.10 Å². The summed E-state index contributed by atoms with van der Waals surface area (Å²) in [5.74, 6) is 0. The van der Waals surface area contributed by atoms with Gasteiger partial charge >= 0.3 is 12.2 Å². The minimum Gasteiger partial charge on any atom is -0.350 e. The van der Waals surface area contributed by atoms with Crippen molar-refractivity contribution in [3.8, 4) is 0 Å². The highest BCUT2D eigenvalue weighted by molar-refractivity contribution is 5.81. The Morgan fingerprint density at radius 3 is 2.37 bits per heavy atom. The Labute approximate surface area is 107 Å². The Kier molecular flexibility index (Phi) is 3.00. The average molecular weight is 271 g/mol. The van der Waals surface area contributed by atoms with Gasteiger partial charge in [-0.3, -0.25) is 0 Å². The van der Waals surface area contributed by atoms with Crippen LogP contribution in [0.5, 0.6) is 0 Å². The Morgan fingerprint density at radius 1 is 1.37 bits per heavy atom. The summed E-state index contributed by atoms with van der Waals surface area (Å²) in [4.78, 5) is 11.0. The molecule has 1 heterocycles. The number of hydrogen-bond donors (Lipinski definition) is 1. The van der Waals surface area contributed by atoms with E-state index in [1.807, 2.05) is 0 Å². The van der Waals surface area contributed by atoms with E-state index in [0.29, 0.717) is 5.56 Å². The molecule has 102 valence electrons. The molecule has 0 bridgehead atoms. The summed E-state index contributed by atoms with van der Waals surface area (Å²) in [6, 6.07) is 4.12. The Bertz CT molecular complexity index is 524. The monoisotopic (exact) mass is 271 g/mol. The standard InChI is InChI=1S/C12H12F3N3O/c1-11(6-17-18(7-11)10(16)19)8-2-4-9(5-3-8)12(13,14)15/h2-6H,7H2,1H3,(H2,16,19). The number of carbonyl (C=O) groups is 1. The van der Waals surface area contributed by atoms with Crippen LogP contribution in [-0.2, 0) is 11.6 Å².